The first-order valence-corrected chi connectivity index (χ1v) is 6.25. The lowest BCUT2D eigenvalue weighted by Crippen LogP contribution is -2.05. The van der Waals surface area contributed by atoms with Crippen molar-refractivity contribution in [3.63, 3.8) is 0 Å². The molecule has 17 heavy (non-hydrogen) atoms. The summed E-state index contributed by atoms with van der Waals surface area (Å²) >= 11 is 0. The smallest absolute Gasteiger partial charge is 0.0513 e. The number of aromatic nitrogens is 1. The fourth-order valence-corrected chi connectivity index (χ4v) is 3.05. The second kappa shape index (κ2) is 4.19. The van der Waals surface area contributed by atoms with Crippen LogP contribution in [-0.2, 0) is 13.6 Å². The van der Waals surface area contributed by atoms with Gasteiger partial charge in [-0.2, -0.15) is 0 Å². The van der Waals surface area contributed by atoms with Crippen LogP contribution in [-0.4, -0.2) is 4.57 Å². The number of fused-ring (bicyclic) bond motifs is 1. The van der Waals surface area contributed by atoms with Crippen molar-refractivity contribution in [3.8, 4) is 0 Å². The van der Waals surface area contributed by atoms with Crippen molar-refractivity contribution in [3.05, 3.63) is 34.5 Å². The molecule has 0 saturated heterocycles. The van der Waals surface area contributed by atoms with Crippen molar-refractivity contribution in [2.75, 3.05) is 0 Å². The number of nitrogens with two attached hydrogens (primary N) is 1. The molecule has 2 N–H and O–H groups in total. The van der Waals surface area contributed by atoms with Gasteiger partial charge < -0.3 is 10.3 Å². The Bertz CT molecular complexity index is 562. The summed E-state index contributed by atoms with van der Waals surface area (Å²) in [6.07, 6.45) is 0. The molecular formula is C15H22N2. The summed E-state index contributed by atoms with van der Waals surface area (Å²) in [6, 6.07) is 4.50. The molecule has 2 aromatic rings. The highest BCUT2D eigenvalue weighted by Gasteiger charge is 2.17. The zero-order valence-corrected chi connectivity index (χ0v) is 11.5. The van der Waals surface area contributed by atoms with Crippen molar-refractivity contribution >= 4 is 10.9 Å². The summed E-state index contributed by atoms with van der Waals surface area (Å²) in [5.41, 5.74) is 12.6. The standard InChI is InChI=1S/C15H22N2/c1-9(2)14-13(8-16)12-7-10(3)6-11(4)15(12)17(14)5/h6-7,9H,8,16H2,1-5H3. The maximum atomic E-state index is 5.95. The molecule has 0 spiro atoms. The van der Waals surface area contributed by atoms with E-state index in [4.69, 9.17) is 5.73 Å². The lowest BCUT2D eigenvalue weighted by Gasteiger charge is -2.10. The van der Waals surface area contributed by atoms with E-state index in [2.05, 4.69) is 51.4 Å². The van der Waals surface area contributed by atoms with Crippen LogP contribution in [0.25, 0.3) is 10.9 Å². The summed E-state index contributed by atoms with van der Waals surface area (Å²) in [7, 11) is 2.15. The third-order valence-electron chi connectivity index (χ3n) is 3.53. The molecule has 1 heterocycles. The number of nitrogens with zero attached hydrogens (tertiary/aromatic N) is 1. The molecule has 1 aromatic carbocycles. The summed E-state index contributed by atoms with van der Waals surface area (Å²) in [5.74, 6) is 0.505. The summed E-state index contributed by atoms with van der Waals surface area (Å²) in [4.78, 5) is 0. The topological polar surface area (TPSA) is 30.9 Å². The van der Waals surface area contributed by atoms with Gasteiger partial charge in [0.05, 0.1) is 5.52 Å². The average Bonchev–Trinajstić information content (AvgIpc) is 2.50. The minimum absolute atomic E-state index is 0.505. The number of hydrogen-bond acceptors (Lipinski definition) is 1. The number of aryl methyl sites for hydroxylation is 3. The van der Waals surface area contributed by atoms with Crippen LogP contribution in [0.2, 0.25) is 0 Å². The van der Waals surface area contributed by atoms with E-state index in [1.807, 2.05) is 0 Å². The largest absolute Gasteiger partial charge is 0.347 e. The van der Waals surface area contributed by atoms with Crippen molar-refractivity contribution < 1.29 is 0 Å². The Kier molecular flexibility index (Phi) is 3.00. The fraction of sp³-hybridized carbons (Fsp3) is 0.467. The first-order valence-electron chi connectivity index (χ1n) is 6.25. The Morgan fingerprint density at radius 1 is 1.24 bits per heavy atom. The van der Waals surface area contributed by atoms with Crippen LogP contribution >= 0.6 is 0 Å². The van der Waals surface area contributed by atoms with Gasteiger partial charge >= 0.3 is 0 Å². The van der Waals surface area contributed by atoms with Crippen LogP contribution in [0.4, 0.5) is 0 Å². The molecule has 0 amide bonds. The Balaban J connectivity index is 2.94. The predicted molar refractivity (Wildman–Crippen MR) is 74.4 cm³/mol. The normalized spacial score (nSPS) is 11.7. The molecule has 0 atom stereocenters. The van der Waals surface area contributed by atoms with E-state index in [1.54, 1.807) is 0 Å². The molecule has 0 bridgehead atoms. The van der Waals surface area contributed by atoms with Gasteiger partial charge in [0.1, 0.15) is 0 Å². The van der Waals surface area contributed by atoms with Crippen LogP contribution in [0.15, 0.2) is 12.1 Å². The monoisotopic (exact) mass is 230 g/mol. The molecule has 0 aliphatic rings. The second-order valence-electron chi connectivity index (χ2n) is 5.26. The fourth-order valence-electron chi connectivity index (χ4n) is 3.05. The Hall–Kier alpha value is -1.28. The minimum atomic E-state index is 0.505. The van der Waals surface area contributed by atoms with Gasteiger partial charge in [-0.15, -0.1) is 0 Å². The molecule has 0 saturated carbocycles. The van der Waals surface area contributed by atoms with Crippen molar-refractivity contribution in [1.29, 1.82) is 0 Å². The molecule has 0 aliphatic carbocycles. The number of benzene rings is 1. The summed E-state index contributed by atoms with van der Waals surface area (Å²) in [6.45, 7) is 9.41. The van der Waals surface area contributed by atoms with E-state index in [1.165, 1.54) is 33.3 Å². The van der Waals surface area contributed by atoms with E-state index < -0.39 is 0 Å². The predicted octanol–water partition coefficient (Wildman–Crippen LogP) is 3.38. The molecule has 2 rings (SSSR count). The van der Waals surface area contributed by atoms with E-state index in [0.29, 0.717) is 12.5 Å². The van der Waals surface area contributed by atoms with Crippen LogP contribution < -0.4 is 5.73 Å². The van der Waals surface area contributed by atoms with E-state index in [-0.39, 0.29) is 0 Å². The molecule has 0 fully saturated rings. The summed E-state index contributed by atoms with van der Waals surface area (Å²) < 4.78 is 2.32. The first-order chi connectivity index (χ1) is 7.97. The van der Waals surface area contributed by atoms with Crippen molar-refractivity contribution in [2.24, 2.45) is 12.8 Å². The van der Waals surface area contributed by atoms with Crippen LogP contribution in [0.3, 0.4) is 0 Å². The van der Waals surface area contributed by atoms with Gasteiger partial charge in [0.25, 0.3) is 0 Å². The number of rotatable bonds is 2. The summed E-state index contributed by atoms with van der Waals surface area (Å²) in [5, 5.41) is 1.33. The molecule has 2 heteroatoms. The SMILES string of the molecule is Cc1cc(C)c2c(c1)c(CN)c(C(C)C)n2C. The molecule has 92 valence electrons. The molecular weight excluding hydrogens is 208 g/mol. The minimum Gasteiger partial charge on any atom is -0.347 e. The van der Waals surface area contributed by atoms with Gasteiger partial charge in [0.15, 0.2) is 0 Å². The lowest BCUT2D eigenvalue weighted by molar-refractivity contribution is 0.738. The molecule has 0 aliphatic heterocycles. The Morgan fingerprint density at radius 3 is 2.41 bits per heavy atom. The van der Waals surface area contributed by atoms with Gasteiger partial charge in [-0.1, -0.05) is 25.5 Å². The highest BCUT2D eigenvalue weighted by atomic mass is 15.0. The zero-order valence-electron chi connectivity index (χ0n) is 11.5. The maximum absolute atomic E-state index is 5.95. The molecule has 2 nitrogen and oxygen atoms in total. The van der Waals surface area contributed by atoms with E-state index in [9.17, 15) is 0 Å². The third-order valence-corrected chi connectivity index (χ3v) is 3.53. The van der Waals surface area contributed by atoms with Gasteiger partial charge in [0, 0.05) is 24.7 Å². The van der Waals surface area contributed by atoms with E-state index in [0.717, 1.165) is 0 Å². The van der Waals surface area contributed by atoms with Gasteiger partial charge in [-0.3, -0.25) is 0 Å². The van der Waals surface area contributed by atoms with Crippen molar-refractivity contribution in [1.82, 2.24) is 4.57 Å². The maximum Gasteiger partial charge on any atom is 0.0513 e. The number of hydrogen-bond donors (Lipinski definition) is 1. The molecule has 0 radical (unpaired) electrons. The Labute approximate surface area is 103 Å². The highest BCUT2D eigenvalue weighted by Crippen LogP contribution is 2.32. The first kappa shape index (κ1) is 12.2. The third kappa shape index (κ3) is 1.77. The van der Waals surface area contributed by atoms with Gasteiger partial charge in [0.2, 0.25) is 0 Å². The van der Waals surface area contributed by atoms with Gasteiger partial charge in [-0.05, 0) is 37.0 Å². The van der Waals surface area contributed by atoms with Crippen molar-refractivity contribution in [2.45, 2.75) is 40.2 Å². The zero-order chi connectivity index (χ0) is 12.7. The molecule has 1 aromatic heterocycles. The van der Waals surface area contributed by atoms with E-state index >= 15 is 0 Å². The second-order valence-corrected chi connectivity index (χ2v) is 5.26. The van der Waals surface area contributed by atoms with Crippen LogP contribution in [0.5, 0.6) is 0 Å². The van der Waals surface area contributed by atoms with Gasteiger partial charge in [-0.25, -0.2) is 0 Å². The van der Waals surface area contributed by atoms with Crippen LogP contribution in [0, 0.1) is 13.8 Å². The average molecular weight is 230 g/mol. The Morgan fingerprint density at radius 2 is 1.88 bits per heavy atom. The quantitative estimate of drug-likeness (QED) is 0.842. The van der Waals surface area contributed by atoms with Crippen LogP contribution in [0.1, 0.15) is 42.1 Å². The highest BCUT2D eigenvalue weighted by molar-refractivity contribution is 5.89. The molecule has 0 unspecified atom stereocenters. The lowest BCUT2D eigenvalue weighted by atomic mass is 10.0.